The number of carbonyl (C=O) groups excluding carboxylic acids is 1. The first-order valence-electron chi connectivity index (χ1n) is 9.64. The van der Waals surface area contributed by atoms with Crippen LogP contribution < -0.4 is 11.1 Å². The lowest BCUT2D eigenvalue weighted by atomic mass is 10.1. The Labute approximate surface area is 190 Å². The Kier molecular flexibility index (Phi) is 7.30. The number of nitrogens with zero attached hydrogens (tertiary/aromatic N) is 2. The summed E-state index contributed by atoms with van der Waals surface area (Å²) in [6, 6.07) is 13.3. The number of halogens is 1. The Morgan fingerprint density at radius 1 is 1.13 bits per heavy atom. The van der Waals surface area contributed by atoms with E-state index in [2.05, 4.69) is 17.3 Å². The van der Waals surface area contributed by atoms with Crippen LogP contribution in [-0.2, 0) is 27.6 Å². The molecule has 10 heteroatoms. The van der Waals surface area contributed by atoms with Crippen LogP contribution in [0.15, 0.2) is 63.3 Å². The second-order valence-corrected chi connectivity index (χ2v) is 10.2. The summed E-state index contributed by atoms with van der Waals surface area (Å²) >= 11 is 7.13. The van der Waals surface area contributed by atoms with E-state index in [1.807, 2.05) is 31.2 Å². The molecule has 0 atom stereocenters. The lowest BCUT2D eigenvalue weighted by molar-refractivity contribution is -0.116. The molecule has 0 fully saturated rings. The van der Waals surface area contributed by atoms with Crippen molar-refractivity contribution in [3.8, 4) is 0 Å². The van der Waals surface area contributed by atoms with Crippen LogP contribution in [0.5, 0.6) is 0 Å². The molecule has 1 heterocycles. The predicted octanol–water partition coefficient (Wildman–Crippen LogP) is 4.26. The summed E-state index contributed by atoms with van der Waals surface area (Å²) in [5, 5.41) is 7.77. The van der Waals surface area contributed by atoms with Crippen LogP contribution in [0, 0.1) is 0 Å². The van der Waals surface area contributed by atoms with Gasteiger partial charge in [0.2, 0.25) is 15.7 Å². The van der Waals surface area contributed by atoms with Gasteiger partial charge in [-0.2, -0.15) is 5.10 Å². The molecule has 1 amide bonds. The third kappa shape index (κ3) is 5.23. The van der Waals surface area contributed by atoms with Gasteiger partial charge in [0, 0.05) is 10.7 Å². The number of benzene rings is 2. The Morgan fingerprint density at radius 2 is 1.77 bits per heavy atom. The van der Waals surface area contributed by atoms with Gasteiger partial charge in [0.15, 0.2) is 0 Å². The zero-order valence-electron chi connectivity index (χ0n) is 17.1. The van der Waals surface area contributed by atoms with E-state index in [0.717, 1.165) is 12.0 Å². The van der Waals surface area contributed by atoms with E-state index in [1.165, 1.54) is 40.7 Å². The van der Waals surface area contributed by atoms with Crippen LogP contribution in [-0.4, -0.2) is 29.9 Å². The lowest BCUT2D eigenvalue weighted by Crippen LogP contribution is -2.21. The van der Waals surface area contributed by atoms with Crippen molar-refractivity contribution in [2.45, 2.75) is 41.6 Å². The Bertz CT molecular complexity index is 1170. The SMILES string of the molecule is CCSc1nn(CC(=O)Nc2ccc(CC)cc2)c(N)c1S(=O)(=O)c1ccc(Cl)cc1. The van der Waals surface area contributed by atoms with Crippen molar-refractivity contribution in [2.75, 3.05) is 16.8 Å². The normalized spacial score (nSPS) is 11.5. The molecule has 0 saturated heterocycles. The summed E-state index contributed by atoms with van der Waals surface area (Å²) in [7, 11) is -3.94. The molecule has 7 nitrogen and oxygen atoms in total. The van der Waals surface area contributed by atoms with E-state index in [1.54, 1.807) is 0 Å². The number of amides is 1. The number of carbonyl (C=O) groups is 1. The largest absolute Gasteiger partial charge is 0.383 e. The standard InChI is InChI=1S/C21H23ClN4O3S2/c1-3-14-5-9-16(10-6-14)24-18(27)13-26-20(23)19(21(25-26)30-4-2)31(28,29)17-11-7-15(22)8-12-17/h5-12H,3-4,13,23H2,1-2H3,(H,24,27). The average Bonchev–Trinajstić information content (AvgIpc) is 3.04. The first kappa shape index (κ1) is 23.2. The molecule has 31 heavy (non-hydrogen) atoms. The molecule has 0 aliphatic rings. The minimum Gasteiger partial charge on any atom is -0.383 e. The zero-order valence-corrected chi connectivity index (χ0v) is 19.5. The molecule has 3 rings (SSSR count). The lowest BCUT2D eigenvalue weighted by Gasteiger charge is -2.08. The molecule has 0 bridgehead atoms. The van der Waals surface area contributed by atoms with Crippen molar-refractivity contribution < 1.29 is 13.2 Å². The molecule has 0 spiro atoms. The maximum Gasteiger partial charge on any atom is 0.246 e. The van der Waals surface area contributed by atoms with Crippen LogP contribution in [0.25, 0.3) is 0 Å². The number of aromatic nitrogens is 2. The number of thioether (sulfide) groups is 1. The van der Waals surface area contributed by atoms with Gasteiger partial charge in [0.25, 0.3) is 0 Å². The van der Waals surface area contributed by atoms with Crippen molar-refractivity contribution in [1.82, 2.24) is 9.78 Å². The Hall–Kier alpha value is -2.49. The van der Waals surface area contributed by atoms with E-state index in [9.17, 15) is 13.2 Å². The first-order chi connectivity index (χ1) is 14.8. The van der Waals surface area contributed by atoms with Crippen molar-refractivity contribution in [2.24, 2.45) is 0 Å². The van der Waals surface area contributed by atoms with Crippen LogP contribution in [0.2, 0.25) is 5.02 Å². The number of hydrogen-bond donors (Lipinski definition) is 2. The van der Waals surface area contributed by atoms with Gasteiger partial charge < -0.3 is 11.1 Å². The van der Waals surface area contributed by atoms with Gasteiger partial charge in [-0.15, -0.1) is 11.8 Å². The molecule has 0 unspecified atom stereocenters. The van der Waals surface area contributed by atoms with Crippen LogP contribution in [0.4, 0.5) is 11.5 Å². The fourth-order valence-corrected chi connectivity index (χ4v) is 5.61. The number of rotatable bonds is 8. The minimum absolute atomic E-state index is 0.0570. The average molecular weight is 479 g/mol. The van der Waals surface area contributed by atoms with Gasteiger partial charge in [-0.05, 0) is 54.1 Å². The molecule has 3 aromatic rings. The number of nitrogen functional groups attached to an aromatic ring is 1. The van der Waals surface area contributed by atoms with Gasteiger partial charge >= 0.3 is 0 Å². The topological polar surface area (TPSA) is 107 Å². The molecular weight excluding hydrogens is 456 g/mol. The van der Waals surface area contributed by atoms with Crippen LogP contribution in [0.3, 0.4) is 0 Å². The van der Waals surface area contributed by atoms with Gasteiger partial charge in [-0.1, -0.05) is 37.6 Å². The van der Waals surface area contributed by atoms with Crippen molar-refractivity contribution in [3.63, 3.8) is 0 Å². The number of sulfone groups is 1. The van der Waals surface area contributed by atoms with Gasteiger partial charge in [0.05, 0.1) is 4.90 Å². The Morgan fingerprint density at radius 3 is 2.35 bits per heavy atom. The van der Waals surface area contributed by atoms with Gasteiger partial charge in [-0.25, -0.2) is 13.1 Å². The molecule has 0 saturated carbocycles. The van der Waals surface area contributed by atoms with Crippen LogP contribution >= 0.6 is 23.4 Å². The third-order valence-corrected chi connectivity index (χ3v) is 7.59. The van der Waals surface area contributed by atoms with E-state index in [-0.39, 0.29) is 33.1 Å². The number of nitrogens with one attached hydrogen (secondary N) is 1. The van der Waals surface area contributed by atoms with Gasteiger partial charge in [0.1, 0.15) is 22.3 Å². The molecule has 0 radical (unpaired) electrons. The zero-order chi connectivity index (χ0) is 22.6. The predicted molar refractivity (Wildman–Crippen MR) is 124 cm³/mol. The molecule has 1 aromatic heterocycles. The van der Waals surface area contributed by atoms with E-state index in [0.29, 0.717) is 16.5 Å². The second-order valence-electron chi connectivity index (χ2n) is 6.67. The smallest absolute Gasteiger partial charge is 0.246 e. The van der Waals surface area contributed by atoms with Gasteiger partial charge in [-0.3, -0.25) is 4.79 Å². The summed E-state index contributed by atoms with van der Waals surface area (Å²) in [6.45, 7) is 3.72. The van der Waals surface area contributed by atoms with Crippen molar-refractivity contribution in [3.05, 3.63) is 59.1 Å². The number of anilines is 2. The molecule has 0 aliphatic heterocycles. The highest BCUT2D eigenvalue weighted by molar-refractivity contribution is 8.00. The van der Waals surface area contributed by atoms with Crippen molar-refractivity contribution in [1.29, 1.82) is 0 Å². The molecule has 0 aliphatic carbocycles. The van der Waals surface area contributed by atoms with E-state index < -0.39 is 9.84 Å². The molecular formula is C21H23ClN4O3S2. The minimum atomic E-state index is -3.94. The summed E-state index contributed by atoms with van der Waals surface area (Å²) in [6.07, 6.45) is 0.904. The summed E-state index contributed by atoms with van der Waals surface area (Å²) in [5.74, 6) is 0.152. The quantitative estimate of drug-likeness (QED) is 0.468. The Balaban J connectivity index is 1.90. The number of hydrogen-bond acceptors (Lipinski definition) is 6. The maximum atomic E-state index is 13.2. The number of aryl methyl sites for hydroxylation is 1. The van der Waals surface area contributed by atoms with E-state index in [4.69, 9.17) is 17.3 Å². The third-order valence-electron chi connectivity index (χ3n) is 4.53. The summed E-state index contributed by atoms with van der Waals surface area (Å²) in [5.41, 5.74) is 7.97. The fraction of sp³-hybridized carbons (Fsp3) is 0.238. The summed E-state index contributed by atoms with van der Waals surface area (Å²) < 4.78 is 27.7. The maximum absolute atomic E-state index is 13.2. The highest BCUT2D eigenvalue weighted by Crippen LogP contribution is 2.35. The van der Waals surface area contributed by atoms with Crippen LogP contribution in [0.1, 0.15) is 19.4 Å². The molecule has 2 aromatic carbocycles. The monoisotopic (exact) mass is 478 g/mol. The summed E-state index contributed by atoms with van der Waals surface area (Å²) in [4.78, 5) is 12.5. The fourth-order valence-electron chi connectivity index (χ4n) is 2.93. The molecule has 3 N–H and O–H groups in total. The second kappa shape index (κ2) is 9.76. The number of nitrogens with two attached hydrogens (primary N) is 1. The van der Waals surface area contributed by atoms with Crippen molar-refractivity contribution >= 4 is 50.6 Å². The van der Waals surface area contributed by atoms with E-state index >= 15 is 0 Å². The first-order valence-corrected chi connectivity index (χ1v) is 12.5. The molecule has 164 valence electrons. The highest BCUT2D eigenvalue weighted by Gasteiger charge is 2.30. The highest BCUT2D eigenvalue weighted by atomic mass is 35.5.